The largest absolute Gasteiger partial charge is 0.398 e. The number of nitrogens with zero attached hydrogens (tertiary/aromatic N) is 2. The van der Waals surface area contributed by atoms with Crippen molar-refractivity contribution in [2.75, 3.05) is 10.5 Å². The van der Waals surface area contributed by atoms with Crippen LogP contribution >= 0.6 is 15.9 Å². The van der Waals surface area contributed by atoms with Crippen molar-refractivity contribution < 1.29 is 8.42 Å². The van der Waals surface area contributed by atoms with Crippen LogP contribution in [0, 0.1) is 6.92 Å². The summed E-state index contributed by atoms with van der Waals surface area (Å²) in [5.74, 6) is 0.386. The zero-order chi connectivity index (χ0) is 14.2. The number of halogens is 1. The topological polar surface area (TPSA) is 90.0 Å². The standard InChI is InChI=1S/C11H13BrN4O2S/c1-7-5-11(16(2)14-7)15-19(17,18)10-6-8(12)3-4-9(10)13/h3-6,15H,13H2,1-2H3. The average molecular weight is 345 g/mol. The van der Waals surface area contributed by atoms with E-state index in [1.54, 1.807) is 26.1 Å². The van der Waals surface area contributed by atoms with Gasteiger partial charge in [0.25, 0.3) is 10.0 Å². The van der Waals surface area contributed by atoms with E-state index < -0.39 is 10.0 Å². The van der Waals surface area contributed by atoms with E-state index in [1.807, 2.05) is 0 Å². The van der Waals surface area contributed by atoms with Gasteiger partial charge in [0.15, 0.2) is 0 Å². The number of nitrogens with two attached hydrogens (primary N) is 1. The molecule has 0 aliphatic heterocycles. The molecular weight excluding hydrogens is 332 g/mol. The van der Waals surface area contributed by atoms with Crippen LogP contribution in [0.5, 0.6) is 0 Å². The summed E-state index contributed by atoms with van der Waals surface area (Å²) in [4.78, 5) is 0.0285. The van der Waals surface area contributed by atoms with Gasteiger partial charge in [0.2, 0.25) is 0 Å². The lowest BCUT2D eigenvalue weighted by molar-refractivity contribution is 0.600. The molecule has 0 unspecified atom stereocenters. The molecular formula is C11H13BrN4O2S. The fraction of sp³-hybridized carbons (Fsp3) is 0.182. The van der Waals surface area contributed by atoms with Crippen LogP contribution in [0.1, 0.15) is 5.69 Å². The number of rotatable bonds is 3. The van der Waals surface area contributed by atoms with Crippen molar-refractivity contribution in [3.8, 4) is 0 Å². The highest BCUT2D eigenvalue weighted by molar-refractivity contribution is 9.10. The summed E-state index contributed by atoms with van der Waals surface area (Å²) in [7, 11) is -2.08. The van der Waals surface area contributed by atoms with Crippen molar-refractivity contribution in [3.05, 3.63) is 34.4 Å². The van der Waals surface area contributed by atoms with Crippen molar-refractivity contribution in [2.24, 2.45) is 7.05 Å². The van der Waals surface area contributed by atoms with E-state index in [0.717, 1.165) is 5.69 Å². The van der Waals surface area contributed by atoms with Crippen LogP contribution in [0.2, 0.25) is 0 Å². The molecule has 0 amide bonds. The van der Waals surface area contributed by atoms with Crippen molar-refractivity contribution in [1.29, 1.82) is 0 Å². The number of nitrogens with one attached hydrogen (secondary N) is 1. The second-order valence-corrected chi connectivity index (χ2v) is 6.65. The first-order chi connectivity index (χ1) is 8.79. The molecule has 0 saturated heterocycles. The van der Waals surface area contributed by atoms with E-state index in [4.69, 9.17) is 5.73 Å². The van der Waals surface area contributed by atoms with Crippen LogP contribution in [0.15, 0.2) is 33.6 Å². The molecule has 19 heavy (non-hydrogen) atoms. The zero-order valence-corrected chi connectivity index (χ0v) is 12.8. The summed E-state index contributed by atoms with van der Waals surface area (Å²) < 4.78 is 29.1. The Kier molecular flexibility index (Phi) is 3.55. The lowest BCUT2D eigenvalue weighted by Crippen LogP contribution is -2.16. The van der Waals surface area contributed by atoms with Gasteiger partial charge in [-0.15, -0.1) is 0 Å². The maximum atomic E-state index is 12.3. The molecule has 1 aromatic heterocycles. The lowest BCUT2D eigenvalue weighted by atomic mass is 10.3. The third-order valence-electron chi connectivity index (χ3n) is 2.51. The summed E-state index contributed by atoms with van der Waals surface area (Å²) in [6, 6.07) is 6.32. The summed E-state index contributed by atoms with van der Waals surface area (Å²) in [5, 5.41) is 4.08. The van der Waals surface area contributed by atoms with Gasteiger partial charge in [0.1, 0.15) is 10.7 Å². The number of nitrogen functional groups attached to an aromatic ring is 1. The van der Waals surface area contributed by atoms with Crippen molar-refractivity contribution >= 4 is 37.5 Å². The minimum atomic E-state index is -3.74. The Labute approximate surface area is 119 Å². The van der Waals surface area contributed by atoms with Crippen LogP contribution in [-0.4, -0.2) is 18.2 Å². The number of benzene rings is 1. The normalized spacial score (nSPS) is 11.5. The summed E-state index contributed by atoms with van der Waals surface area (Å²) in [5.41, 5.74) is 6.62. The average Bonchev–Trinajstić information content (AvgIpc) is 2.60. The Morgan fingerprint density at radius 1 is 1.37 bits per heavy atom. The first-order valence-electron chi connectivity index (χ1n) is 5.38. The second-order valence-electron chi connectivity index (χ2n) is 4.08. The van der Waals surface area contributed by atoms with Gasteiger partial charge in [-0.1, -0.05) is 15.9 Å². The number of hydrogen-bond donors (Lipinski definition) is 2. The number of aromatic nitrogens is 2. The third-order valence-corrected chi connectivity index (χ3v) is 4.41. The summed E-state index contributed by atoms with van der Waals surface area (Å²) in [6.07, 6.45) is 0. The van der Waals surface area contributed by atoms with Crippen LogP contribution in [0.3, 0.4) is 0 Å². The highest BCUT2D eigenvalue weighted by atomic mass is 79.9. The van der Waals surface area contributed by atoms with Gasteiger partial charge in [0, 0.05) is 17.6 Å². The third kappa shape index (κ3) is 2.90. The molecule has 0 fully saturated rings. The van der Waals surface area contributed by atoms with E-state index in [0.29, 0.717) is 10.3 Å². The van der Waals surface area contributed by atoms with Gasteiger partial charge in [-0.2, -0.15) is 5.10 Å². The zero-order valence-electron chi connectivity index (χ0n) is 10.4. The van der Waals surface area contributed by atoms with E-state index in [2.05, 4.69) is 25.8 Å². The van der Waals surface area contributed by atoms with Crippen LogP contribution in [0.4, 0.5) is 11.5 Å². The molecule has 2 rings (SSSR count). The molecule has 6 nitrogen and oxygen atoms in total. The molecule has 0 saturated carbocycles. The van der Waals surface area contributed by atoms with Crippen LogP contribution < -0.4 is 10.5 Å². The molecule has 0 aliphatic carbocycles. The fourth-order valence-corrected chi connectivity index (χ4v) is 3.39. The predicted octanol–water partition coefficient (Wildman–Crippen LogP) is 1.87. The molecule has 0 aliphatic rings. The fourth-order valence-electron chi connectivity index (χ4n) is 1.64. The maximum absolute atomic E-state index is 12.3. The van der Waals surface area contributed by atoms with E-state index in [1.165, 1.54) is 16.8 Å². The molecule has 0 atom stereocenters. The van der Waals surface area contributed by atoms with Crippen molar-refractivity contribution in [1.82, 2.24) is 9.78 Å². The molecule has 2 aromatic rings. The van der Waals surface area contributed by atoms with Crippen LogP contribution in [-0.2, 0) is 17.1 Å². The van der Waals surface area contributed by atoms with Crippen molar-refractivity contribution in [2.45, 2.75) is 11.8 Å². The van der Waals surface area contributed by atoms with Gasteiger partial charge in [-0.25, -0.2) is 8.42 Å². The van der Waals surface area contributed by atoms with Gasteiger partial charge >= 0.3 is 0 Å². The minimum absolute atomic E-state index is 0.0285. The van der Waals surface area contributed by atoms with E-state index in [9.17, 15) is 8.42 Å². The molecule has 0 spiro atoms. The SMILES string of the molecule is Cc1cc(NS(=O)(=O)c2cc(Br)ccc2N)n(C)n1. The monoisotopic (exact) mass is 344 g/mol. The smallest absolute Gasteiger partial charge is 0.265 e. The van der Waals surface area contributed by atoms with E-state index >= 15 is 0 Å². The Balaban J connectivity index is 2.43. The predicted molar refractivity (Wildman–Crippen MR) is 77.3 cm³/mol. The molecule has 102 valence electrons. The minimum Gasteiger partial charge on any atom is -0.398 e. The van der Waals surface area contributed by atoms with Crippen LogP contribution in [0.25, 0.3) is 0 Å². The lowest BCUT2D eigenvalue weighted by Gasteiger charge is -2.10. The van der Waals surface area contributed by atoms with Gasteiger partial charge in [-0.05, 0) is 25.1 Å². The molecule has 0 bridgehead atoms. The number of hydrogen-bond acceptors (Lipinski definition) is 4. The maximum Gasteiger partial charge on any atom is 0.265 e. The van der Waals surface area contributed by atoms with Gasteiger partial charge in [0.05, 0.1) is 11.4 Å². The quantitative estimate of drug-likeness (QED) is 0.831. The highest BCUT2D eigenvalue weighted by Gasteiger charge is 2.19. The number of sulfonamides is 1. The molecule has 0 radical (unpaired) electrons. The highest BCUT2D eigenvalue weighted by Crippen LogP contribution is 2.25. The van der Waals surface area contributed by atoms with Crippen molar-refractivity contribution in [3.63, 3.8) is 0 Å². The number of aryl methyl sites for hydroxylation is 2. The van der Waals surface area contributed by atoms with Gasteiger partial charge < -0.3 is 5.73 Å². The van der Waals surface area contributed by atoms with E-state index in [-0.39, 0.29) is 10.6 Å². The molecule has 3 N–H and O–H groups in total. The molecule has 1 heterocycles. The first-order valence-corrected chi connectivity index (χ1v) is 7.66. The Hall–Kier alpha value is -1.54. The molecule has 1 aromatic carbocycles. The van der Waals surface area contributed by atoms with Gasteiger partial charge in [-0.3, -0.25) is 9.40 Å². The Morgan fingerprint density at radius 2 is 2.05 bits per heavy atom. The first kappa shape index (κ1) is 13.9. The Bertz CT molecular complexity index is 724. The summed E-state index contributed by atoms with van der Waals surface area (Å²) in [6.45, 7) is 1.78. The number of anilines is 2. The Morgan fingerprint density at radius 3 is 2.63 bits per heavy atom. The molecule has 8 heteroatoms. The second kappa shape index (κ2) is 4.86. The summed E-state index contributed by atoms with van der Waals surface area (Å²) >= 11 is 3.23.